The minimum atomic E-state index is -0.459. The van der Waals surface area contributed by atoms with Gasteiger partial charge in [-0.1, -0.05) is 19.8 Å². The second-order valence-corrected chi connectivity index (χ2v) is 3.61. The molecule has 0 aliphatic heterocycles. The fraction of sp³-hybridized carbons (Fsp3) is 0.800. The standard InChI is InChI=1S/C10H16N2O/c1-2-9(7-11)10(13)12-6-5-8-3-4-8/h8-9H,2-6H2,1H3,(H,12,13). The molecule has 1 amide bonds. The molecule has 0 bridgehead atoms. The summed E-state index contributed by atoms with van der Waals surface area (Å²) < 4.78 is 0. The maximum atomic E-state index is 11.3. The van der Waals surface area contributed by atoms with Crippen LogP contribution in [0.1, 0.15) is 32.6 Å². The molecule has 0 heterocycles. The Morgan fingerprint density at radius 3 is 2.85 bits per heavy atom. The summed E-state index contributed by atoms with van der Waals surface area (Å²) in [6.07, 6.45) is 4.30. The first-order valence-electron chi connectivity index (χ1n) is 4.95. The molecule has 1 fully saturated rings. The average molecular weight is 180 g/mol. The third-order valence-electron chi connectivity index (χ3n) is 2.43. The largest absolute Gasteiger partial charge is 0.355 e. The third-order valence-corrected chi connectivity index (χ3v) is 2.43. The Morgan fingerprint density at radius 2 is 2.38 bits per heavy atom. The van der Waals surface area contributed by atoms with Crippen molar-refractivity contribution in [2.45, 2.75) is 32.6 Å². The zero-order valence-corrected chi connectivity index (χ0v) is 8.05. The Kier molecular flexibility index (Phi) is 3.75. The average Bonchev–Trinajstić information content (AvgIpc) is 2.90. The zero-order chi connectivity index (χ0) is 9.68. The minimum Gasteiger partial charge on any atom is -0.355 e. The molecule has 1 N–H and O–H groups in total. The van der Waals surface area contributed by atoms with Gasteiger partial charge >= 0.3 is 0 Å². The van der Waals surface area contributed by atoms with Crippen molar-refractivity contribution in [2.75, 3.05) is 6.54 Å². The number of nitrogens with one attached hydrogen (secondary N) is 1. The van der Waals surface area contributed by atoms with E-state index in [1.807, 2.05) is 13.0 Å². The first-order chi connectivity index (χ1) is 6.27. The normalized spacial score (nSPS) is 17.5. The van der Waals surface area contributed by atoms with Gasteiger partial charge in [0.2, 0.25) is 5.91 Å². The number of hydrogen-bond acceptors (Lipinski definition) is 2. The molecule has 0 saturated heterocycles. The highest BCUT2D eigenvalue weighted by Gasteiger charge is 2.21. The number of carbonyl (C=O) groups is 1. The summed E-state index contributed by atoms with van der Waals surface area (Å²) in [5.41, 5.74) is 0. The van der Waals surface area contributed by atoms with E-state index in [2.05, 4.69) is 5.32 Å². The van der Waals surface area contributed by atoms with Crippen molar-refractivity contribution in [1.82, 2.24) is 5.32 Å². The molecule has 3 heteroatoms. The Morgan fingerprint density at radius 1 is 1.69 bits per heavy atom. The summed E-state index contributed by atoms with van der Waals surface area (Å²) in [5.74, 6) is 0.271. The fourth-order valence-electron chi connectivity index (χ4n) is 1.26. The van der Waals surface area contributed by atoms with Crippen LogP contribution in [0.3, 0.4) is 0 Å². The molecule has 1 unspecified atom stereocenters. The molecule has 0 radical (unpaired) electrons. The van der Waals surface area contributed by atoms with Crippen LogP contribution in [0.25, 0.3) is 0 Å². The van der Waals surface area contributed by atoms with Crippen molar-refractivity contribution in [1.29, 1.82) is 5.26 Å². The molecule has 0 aromatic rings. The van der Waals surface area contributed by atoms with E-state index in [-0.39, 0.29) is 5.91 Å². The Balaban J connectivity index is 2.11. The first-order valence-corrected chi connectivity index (χ1v) is 4.95. The maximum Gasteiger partial charge on any atom is 0.237 e. The highest BCUT2D eigenvalue weighted by molar-refractivity contribution is 5.80. The monoisotopic (exact) mass is 180 g/mol. The summed E-state index contributed by atoms with van der Waals surface area (Å²) in [7, 11) is 0. The van der Waals surface area contributed by atoms with Crippen LogP contribution < -0.4 is 5.32 Å². The summed E-state index contributed by atoms with van der Waals surface area (Å²) in [6, 6.07) is 1.99. The summed E-state index contributed by atoms with van der Waals surface area (Å²) in [5, 5.41) is 11.4. The fourth-order valence-corrected chi connectivity index (χ4v) is 1.26. The molecule has 1 aliphatic carbocycles. The minimum absolute atomic E-state index is 0.106. The lowest BCUT2D eigenvalue weighted by atomic mass is 10.1. The predicted octanol–water partition coefficient (Wildman–Crippen LogP) is 1.45. The number of nitriles is 1. The van der Waals surface area contributed by atoms with Gasteiger partial charge in [-0.2, -0.15) is 5.26 Å². The lowest BCUT2D eigenvalue weighted by Gasteiger charge is -2.06. The molecule has 1 aliphatic rings. The number of rotatable bonds is 5. The molecule has 1 atom stereocenters. The first kappa shape index (κ1) is 10.0. The van der Waals surface area contributed by atoms with E-state index in [0.29, 0.717) is 6.42 Å². The SMILES string of the molecule is CCC(C#N)C(=O)NCCC1CC1. The molecule has 0 aromatic carbocycles. The Labute approximate surface area is 79.1 Å². The zero-order valence-electron chi connectivity index (χ0n) is 8.05. The van der Waals surface area contributed by atoms with Crippen molar-refractivity contribution < 1.29 is 4.79 Å². The second kappa shape index (κ2) is 4.86. The summed E-state index contributed by atoms with van der Waals surface area (Å²) >= 11 is 0. The van der Waals surface area contributed by atoms with Gasteiger partial charge in [-0.15, -0.1) is 0 Å². The van der Waals surface area contributed by atoms with E-state index in [1.54, 1.807) is 0 Å². The number of hydrogen-bond donors (Lipinski definition) is 1. The summed E-state index contributed by atoms with van der Waals surface area (Å²) in [6.45, 7) is 2.59. The van der Waals surface area contributed by atoms with E-state index in [1.165, 1.54) is 12.8 Å². The van der Waals surface area contributed by atoms with E-state index >= 15 is 0 Å². The highest BCUT2D eigenvalue weighted by Crippen LogP contribution is 2.31. The van der Waals surface area contributed by atoms with Gasteiger partial charge in [-0.25, -0.2) is 0 Å². The van der Waals surface area contributed by atoms with Crippen LogP contribution in [-0.4, -0.2) is 12.5 Å². The van der Waals surface area contributed by atoms with Gasteiger partial charge in [-0.3, -0.25) is 4.79 Å². The van der Waals surface area contributed by atoms with E-state index < -0.39 is 5.92 Å². The number of nitrogens with zero attached hydrogens (tertiary/aromatic N) is 1. The molecular weight excluding hydrogens is 164 g/mol. The van der Waals surface area contributed by atoms with Crippen LogP contribution in [0.15, 0.2) is 0 Å². The lowest BCUT2D eigenvalue weighted by molar-refractivity contribution is -0.123. The quantitative estimate of drug-likeness (QED) is 0.696. The highest BCUT2D eigenvalue weighted by atomic mass is 16.1. The third kappa shape index (κ3) is 3.45. The Hall–Kier alpha value is -1.04. The van der Waals surface area contributed by atoms with Crippen molar-refractivity contribution in [3.05, 3.63) is 0 Å². The van der Waals surface area contributed by atoms with E-state index in [9.17, 15) is 4.79 Å². The van der Waals surface area contributed by atoms with Crippen molar-refractivity contribution in [2.24, 2.45) is 11.8 Å². The van der Waals surface area contributed by atoms with Crippen LogP contribution in [0.5, 0.6) is 0 Å². The van der Waals surface area contributed by atoms with Crippen LogP contribution in [0, 0.1) is 23.2 Å². The maximum absolute atomic E-state index is 11.3. The molecule has 0 spiro atoms. The smallest absolute Gasteiger partial charge is 0.237 e. The van der Waals surface area contributed by atoms with Gasteiger partial charge in [0.15, 0.2) is 0 Å². The van der Waals surface area contributed by atoms with Crippen molar-refractivity contribution >= 4 is 5.91 Å². The second-order valence-electron chi connectivity index (χ2n) is 3.61. The topological polar surface area (TPSA) is 52.9 Å². The van der Waals surface area contributed by atoms with Crippen LogP contribution >= 0.6 is 0 Å². The van der Waals surface area contributed by atoms with Gasteiger partial charge in [-0.05, 0) is 18.8 Å². The van der Waals surface area contributed by atoms with E-state index in [4.69, 9.17) is 5.26 Å². The predicted molar refractivity (Wildman–Crippen MR) is 49.7 cm³/mol. The van der Waals surface area contributed by atoms with Crippen LogP contribution in [0.2, 0.25) is 0 Å². The van der Waals surface area contributed by atoms with Gasteiger partial charge in [0, 0.05) is 6.54 Å². The van der Waals surface area contributed by atoms with Crippen molar-refractivity contribution in [3.8, 4) is 6.07 Å². The van der Waals surface area contributed by atoms with Crippen LogP contribution in [0.4, 0.5) is 0 Å². The van der Waals surface area contributed by atoms with E-state index in [0.717, 1.165) is 18.9 Å². The number of amides is 1. The van der Waals surface area contributed by atoms with Gasteiger partial charge < -0.3 is 5.32 Å². The Bertz CT molecular complexity index is 215. The summed E-state index contributed by atoms with van der Waals surface area (Å²) in [4.78, 5) is 11.3. The molecule has 0 aromatic heterocycles. The molecule has 1 rings (SSSR count). The van der Waals surface area contributed by atoms with Gasteiger partial charge in [0.1, 0.15) is 5.92 Å². The van der Waals surface area contributed by atoms with Crippen LogP contribution in [-0.2, 0) is 4.79 Å². The molecule has 1 saturated carbocycles. The van der Waals surface area contributed by atoms with Crippen molar-refractivity contribution in [3.63, 3.8) is 0 Å². The molecule has 3 nitrogen and oxygen atoms in total. The lowest BCUT2D eigenvalue weighted by Crippen LogP contribution is -2.30. The molecule has 13 heavy (non-hydrogen) atoms. The van der Waals surface area contributed by atoms with Gasteiger partial charge in [0.25, 0.3) is 0 Å². The van der Waals surface area contributed by atoms with Gasteiger partial charge in [0.05, 0.1) is 6.07 Å². The molecular formula is C10H16N2O. The molecule has 72 valence electrons. The number of carbonyl (C=O) groups excluding carboxylic acids is 1.